The summed E-state index contributed by atoms with van der Waals surface area (Å²) in [5.74, 6) is -0.373. The van der Waals surface area contributed by atoms with Crippen molar-refractivity contribution in [3.05, 3.63) is 111 Å². The van der Waals surface area contributed by atoms with Gasteiger partial charge >= 0.3 is 6.03 Å². The summed E-state index contributed by atoms with van der Waals surface area (Å²) in [5, 5.41) is 3.75. The molecule has 4 aromatic rings. The molecule has 5 nitrogen and oxygen atoms in total. The van der Waals surface area contributed by atoms with Gasteiger partial charge in [0.2, 0.25) is 0 Å². The molecule has 0 radical (unpaired) electrons. The van der Waals surface area contributed by atoms with Crippen LogP contribution in [-0.4, -0.2) is 22.5 Å². The number of aromatic amines is 1. The number of urea groups is 1. The van der Waals surface area contributed by atoms with Crippen LogP contribution in [-0.2, 0) is 13.0 Å². The molecule has 6 heteroatoms. The van der Waals surface area contributed by atoms with E-state index in [1.54, 1.807) is 4.90 Å². The van der Waals surface area contributed by atoms with Crippen molar-refractivity contribution in [1.82, 2.24) is 9.88 Å². The Morgan fingerprint density at radius 2 is 1.68 bits per heavy atom. The van der Waals surface area contributed by atoms with Crippen LogP contribution in [0.1, 0.15) is 27.8 Å². The molecule has 1 aromatic heterocycles. The van der Waals surface area contributed by atoms with Gasteiger partial charge in [0.1, 0.15) is 5.82 Å². The van der Waals surface area contributed by atoms with Gasteiger partial charge < -0.3 is 15.2 Å². The number of fused-ring (bicyclic) bond motifs is 1. The van der Waals surface area contributed by atoms with E-state index in [-0.39, 0.29) is 24.0 Å². The second-order valence-corrected chi connectivity index (χ2v) is 8.63. The van der Waals surface area contributed by atoms with Crippen molar-refractivity contribution in [3.63, 3.8) is 0 Å². The van der Waals surface area contributed by atoms with Crippen LogP contribution in [0.15, 0.2) is 71.5 Å². The maximum absolute atomic E-state index is 13.3. The summed E-state index contributed by atoms with van der Waals surface area (Å²) >= 11 is 0. The van der Waals surface area contributed by atoms with E-state index >= 15 is 0 Å². The number of amides is 2. The highest BCUT2D eigenvalue weighted by atomic mass is 19.1. The first-order valence-corrected chi connectivity index (χ1v) is 11.3. The third kappa shape index (κ3) is 5.17. The predicted molar refractivity (Wildman–Crippen MR) is 135 cm³/mol. The number of aryl methyl sites for hydroxylation is 3. The first kappa shape index (κ1) is 23.2. The minimum Gasteiger partial charge on any atom is -0.321 e. The van der Waals surface area contributed by atoms with E-state index in [1.807, 2.05) is 63.2 Å². The van der Waals surface area contributed by atoms with Crippen molar-refractivity contribution in [2.75, 3.05) is 11.9 Å². The van der Waals surface area contributed by atoms with Gasteiger partial charge in [-0.25, -0.2) is 9.18 Å². The van der Waals surface area contributed by atoms with Crippen LogP contribution in [0, 0.1) is 26.6 Å². The Morgan fingerprint density at radius 1 is 0.941 bits per heavy atom. The van der Waals surface area contributed by atoms with Crippen LogP contribution in [0.25, 0.3) is 10.9 Å². The third-order valence-electron chi connectivity index (χ3n) is 6.28. The topological polar surface area (TPSA) is 65.2 Å². The summed E-state index contributed by atoms with van der Waals surface area (Å²) < 4.78 is 13.3. The first-order valence-electron chi connectivity index (χ1n) is 11.3. The van der Waals surface area contributed by atoms with Crippen molar-refractivity contribution in [3.8, 4) is 0 Å². The van der Waals surface area contributed by atoms with Crippen LogP contribution >= 0.6 is 0 Å². The van der Waals surface area contributed by atoms with Gasteiger partial charge in [-0.3, -0.25) is 4.79 Å². The molecule has 0 saturated heterocycles. The molecule has 0 spiro atoms. The SMILES string of the molecule is Cc1ccccc1CCN(Cc1cc2ccc(C)c(C)c2[nH]c1=O)C(=O)Nc1ccc(F)cc1. The molecule has 0 saturated carbocycles. The van der Waals surface area contributed by atoms with E-state index < -0.39 is 0 Å². The van der Waals surface area contributed by atoms with E-state index in [1.165, 1.54) is 24.3 Å². The number of carbonyl (C=O) groups is 1. The molecule has 3 aromatic carbocycles. The van der Waals surface area contributed by atoms with E-state index in [4.69, 9.17) is 0 Å². The van der Waals surface area contributed by atoms with E-state index in [0.29, 0.717) is 24.2 Å². The number of nitrogens with zero attached hydrogens (tertiary/aromatic N) is 1. The lowest BCUT2D eigenvalue weighted by molar-refractivity contribution is 0.209. The van der Waals surface area contributed by atoms with Gasteiger partial charge in [-0.2, -0.15) is 0 Å². The maximum Gasteiger partial charge on any atom is 0.322 e. The Labute approximate surface area is 198 Å². The minimum atomic E-state index is -0.373. The van der Waals surface area contributed by atoms with Gasteiger partial charge in [-0.15, -0.1) is 0 Å². The lowest BCUT2D eigenvalue weighted by atomic mass is 10.0. The highest BCUT2D eigenvalue weighted by Crippen LogP contribution is 2.20. The Kier molecular flexibility index (Phi) is 6.77. The van der Waals surface area contributed by atoms with Gasteiger partial charge in [-0.05, 0) is 85.2 Å². The first-order chi connectivity index (χ1) is 16.3. The average molecular weight is 458 g/mol. The van der Waals surface area contributed by atoms with Crippen LogP contribution < -0.4 is 10.9 Å². The van der Waals surface area contributed by atoms with Crippen molar-refractivity contribution < 1.29 is 9.18 Å². The highest BCUT2D eigenvalue weighted by Gasteiger charge is 2.17. The molecule has 4 rings (SSSR count). The number of aromatic nitrogens is 1. The fraction of sp³-hybridized carbons (Fsp3) is 0.214. The van der Waals surface area contributed by atoms with Crippen molar-refractivity contribution in [1.29, 1.82) is 0 Å². The number of hydrogen-bond donors (Lipinski definition) is 2. The summed E-state index contributed by atoms with van der Waals surface area (Å²) in [6.45, 7) is 6.60. The number of benzene rings is 3. The molecule has 2 N–H and O–H groups in total. The molecule has 0 bridgehead atoms. The lowest BCUT2D eigenvalue weighted by Gasteiger charge is -2.24. The Morgan fingerprint density at radius 3 is 2.41 bits per heavy atom. The van der Waals surface area contributed by atoms with Gasteiger partial charge in [-0.1, -0.05) is 36.4 Å². The molecule has 0 fully saturated rings. The molecule has 0 unspecified atom stereocenters. The van der Waals surface area contributed by atoms with Crippen LogP contribution in [0.4, 0.5) is 14.9 Å². The molecule has 0 aliphatic heterocycles. The molecular formula is C28H28FN3O2. The predicted octanol–water partition coefficient (Wildman–Crippen LogP) is 5.87. The number of carbonyl (C=O) groups excluding carboxylic acids is 1. The Balaban J connectivity index is 1.62. The second-order valence-electron chi connectivity index (χ2n) is 8.63. The number of pyridine rings is 1. The Hall–Kier alpha value is -3.93. The number of rotatable bonds is 6. The summed E-state index contributed by atoms with van der Waals surface area (Å²) in [4.78, 5) is 30.7. The van der Waals surface area contributed by atoms with E-state index in [2.05, 4.69) is 10.3 Å². The number of hydrogen-bond acceptors (Lipinski definition) is 2. The summed E-state index contributed by atoms with van der Waals surface area (Å²) in [6.07, 6.45) is 0.646. The Bertz CT molecular complexity index is 1390. The van der Waals surface area contributed by atoms with Crippen LogP contribution in [0.3, 0.4) is 0 Å². The molecule has 0 atom stereocenters. The fourth-order valence-corrected chi connectivity index (χ4v) is 4.03. The van der Waals surface area contributed by atoms with E-state index in [9.17, 15) is 14.0 Å². The van der Waals surface area contributed by atoms with Gasteiger partial charge in [0.05, 0.1) is 12.1 Å². The third-order valence-corrected chi connectivity index (χ3v) is 6.28. The number of anilines is 1. The molecule has 174 valence electrons. The smallest absolute Gasteiger partial charge is 0.321 e. The molecule has 2 amide bonds. The van der Waals surface area contributed by atoms with Crippen LogP contribution in [0.5, 0.6) is 0 Å². The van der Waals surface area contributed by atoms with Crippen LogP contribution in [0.2, 0.25) is 0 Å². The molecule has 1 heterocycles. The monoisotopic (exact) mass is 457 g/mol. The normalized spacial score (nSPS) is 10.9. The molecule has 0 aliphatic carbocycles. The zero-order valence-electron chi connectivity index (χ0n) is 19.6. The lowest BCUT2D eigenvalue weighted by Crippen LogP contribution is -2.37. The van der Waals surface area contributed by atoms with E-state index in [0.717, 1.165) is 33.2 Å². The second kappa shape index (κ2) is 9.91. The maximum atomic E-state index is 13.3. The zero-order valence-corrected chi connectivity index (χ0v) is 19.6. The quantitative estimate of drug-likeness (QED) is 0.380. The molecule has 0 aliphatic rings. The fourth-order valence-electron chi connectivity index (χ4n) is 4.03. The minimum absolute atomic E-state index is 0.150. The number of halogens is 1. The average Bonchev–Trinajstić information content (AvgIpc) is 2.82. The molecular weight excluding hydrogens is 429 g/mol. The summed E-state index contributed by atoms with van der Waals surface area (Å²) in [7, 11) is 0. The molecule has 34 heavy (non-hydrogen) atoms. The standard InChI is InChI=1S/C28H28FN3O2/c1-18-8-9-22-16-23(27(33)31-26(22)20(18)3)17-32(15-14-21-7-5-4-6-19(21)2)28(34)30-25-12-10-24(29)11-13-25/h4-13,16H,14-15,17H2,1-3H3,(H,30,34)(H,31,33). The zero-order chi connectivity index (χ0) is 24.2. The number of nitrogens with one attached hydrogen (secondary N) is 2. The summed E-state index contributed by atoms with van der Waals surface area (Å²) in [5.41, 5.74) is 6.03. The number of H-pyrrole nitrogens is 1. The van der Waals surface area contributed by atoms with Gasteiger partial charge in [0.15, 0.2) is 0 Å². The van der Waals surface area contributed by atoms with Gasteiger partial charge in [0, 0.05) is 17.8 Å². The van der Waals surface area contributed by atoms with Crippen molar-refractivity contribution >= 4 is 22.6 Å². The largest absolute Gasteiger partial charge is 0.322 e. The summed E-state index contributed by atoms with van der Waals surface area (Å²) in [6, 6.07) is 19.2. The van der Waals surface area contributed by atoms with Crippen molar-refractivity contribution in [2.45, 2.75) is 33.7 Å². The highest BCUT2D eigenvalue weighted by molar-refractivity contribution is 5.89. The van der Waals surface area contributed by atoms with Gasteiger partial charge in [0.25, 0.3) is 5.56 Å². The van der Waals surface area contributed by atoms with Crippen molar-refractivity contribution in [2.24, 2.45) is 0 Å².